The zero-order chi connectivity index (χ0) is 15.9. The molecule has 0 radical (unpaired) electrons. The van der Waals surface area contributed by atoms with Crippen molar-refractivity contribution < 1.29 is 13.2 Å². The zero-order valence-electron chi connectivity index (χ0n) is 10.9. The van der Waals surface area contributed by atoms with Gasteiger partial charge in [0.15, 0.2) is 0 Å². The summed E-state index contributed by atoms with van der Waals surface area (Å²) in [6.45, 7) is 0. The van der Waals surface area contributed by atoms with Gasteiger partial charge in [-0.25, -0.2) is 4.79 Å². The molecule has 0 fully saturated rings. The number of rotatable bonds is 1. The summed E-state index contributed by atoms with van der Waals surface area (Å²) in [6, 6.07) is 4.82. The number of nitrogens with zero attached hydrogens (tertiary/aromatic N) is 1. The molecule has 0 saturated carbocycles. The Kier molecular flexibility index (Phi) is 3.09. The molecule has 0 aliphatic heterocycles. The van der Waals surface area contributed by atoms with Crippen LogP contribution in [0.5, 0.6) is 0 Å². The first-order chi connectivity index (χ1) is 10.4. The predicted octanol–water partition coefficient (Wildman–Crippen LogP) is 2.30. The van der Waals surface area contributed by atoms with Crippen molar-refractivity contribution in [1.29, 1.82) is 0 Å². The molecule has 0 aliphatic carbocycles. The van der Waals surface area contributed by atoms with E-state index in [1.807, 2.05) is 4.98 Å². The van der Waals surface area contributed by atoms with E-state index in [-0.39, 0.29) is 22.0 Å². The number of aromatic nitrogens is 3. The summed E-state index contributed by atoms with van der Waals surface area (Å²) in [7, 11) is 0. The SMILES string of the molecule is O=c1[nH]c(=O)c2cc(-c3cccnc3)c(C(F)(F)F)cc2[nH]1. The van der Waals surface area contributed by atoms with Crippen molar-refractivity contribution in [2.24, 2.45) is 0 Å². The van der Waals surface area contributed by atoms with Crippen LogP contribution in [0.4, 0.5) is 13.2 Å². The number of pyridine rings is 1. The van der Waals surface area contributed by atoms with E-state index in [1.165, 1.54) is 24.5 Å². The summed E-state index contributed by atoms with van der Waals surface area (Å²) in [5.74, 6) is 0. The number of halogens is 3. The van der Waals surface area contributed by atoms with Crippen molar-refractivity contribution >= 4 is 10.9 Å². The molecule has 0 unspecified atom stereocenters. The third-order valence-electron chi connectivity index (χ3n) is 3.16. The van der Waals surface area contributed by atoms with Crippen molar-refractivity contribution in [1.82, 2.24) is 15.0 Å². The van der Waals surface area contributed by atoms with Gasteiger partial charge >= 0.3 is 11.9 Å². The van der Waals surface area contributed by atoms with E-state index in [2.05, 4.69) is 9.97 Å². The fraction of sp³-hybridized carbons (Fsp3) is 0.0714. The van der Waals surface area contributed by atoms with E-state index < -0.39 is 23.0 Å². The summed E-state index contributed by atoms with van der Waals surface area (Å²) in [5, 5.41) is -0.0357. The fourth-order valence-corrected chi connectivity index (χ4v) is 2.21. The minimum absolute atomic E-state index is 0.0357. The molecular weight excluding hydrogens is 299 g/mol. The van der Waals surface area contributed by atoms with Gasteiger partial charge in [-0.3, -0.25) is 14.8 Å². The third kappa shape index (κ3) is 2.39. The Hall–Kier alpha value is -2.90. The molecule has 0 amide bonds. The molecule has 3 aromatic rings. The average Bonchev–Trinajstić information content (AvgIpc) is 2.46. The molecule has 1 aromatic carbocycles. The highest BCUT2D eigenvalue weighted by Crippen LogP contribution is 2.38. The van der Waals surface area contributed by atoms with Crippen LogP contribution < -0.4 is 11.2 Å². The summed E-state index contributed by atoms with van der Waals surface area (Å²) in [6.07, 6.45) is -1.93. The normalized spacial score (nSPS) is 11.8. The first kappa shape index (κ1) is 14.1. The first-order valence-corrected chi connectivity index (χ1v) is 6.14. The molecule has 0 saturated heterocycles. The lowest BCUT2D eigenvalue weighted by Gasteiger charge is -2.14. The monoisotopic (exact) mass is 307 g/mol. The molecule has 0 atom stereocenters. The molecule has 2 heterocycles. The van der Waals surface area contributed by atoms with Gasteiger partial charge in [0.05, 0.1) is 16.5 Å². The van der Waals surface area contributed by atoms with Gasteiger partial charge in [-0.05, 0) is 23.8 Å². The molecule has 2 N–H and O–H groups in total. The van der Waals surface area contributed by atoms with Crippen LogP contribution in [-0.4, -0.2) is 15.0 Å². The number of hydrogen-bond acceptors (Lipinski definition) is 3. The molecule has 0 aliphatic rings. The standard InChI is InChI=1S/C14H8F3N3O2/c15-14(16,17)10-5-11-9(12(21)20-13(22)19-11)4-8(10)7-2-1-3-18-6-7/h1-6H,(H2,19,20,21,22). The molecule has 112 valence electrons. The Morgan fingerprint density at radius 1 is 1.09 bits per heavy atom. The van der Waals surface area contributed by atoms with Crippen LogP contribution in [0.3, 0.4) is 0 Å². The Morgan fingerprint density at radius 3 is 2.50 bits per heavy atom. The van der Waals surface area contributed by atoms with Crippen molar-refractivity contribution in [3.05, 3.63) is 63.1 Å². The lowest BCUT2D eigenvalue weighted by atomic mass is 9.98. The summed E-state index contributed by atoms with van der Waals surface area (Å²) in [4.78, 5) is 31.0. The molecule has 0 bridgehead atoms. The van der Waals surface area contributed by atoms with Gasteiger partial charge in [0.1, 0.15) is 0 Å². The number of benzene rings is 1. The van der Waals surface area contributed by atoms with E-state index in [0.29, 0.717) is 0 Å². The summed E-state index contributed by atoms with van der Waals surface area (Å²) >= 11 is 0. The van der Waals surface area contributed by atoms with Gasteiger partial charge in [0.2, 0.25) is 0 Å². The Balaban J connectivity index is 2.44. The molecule has 2 aromatic heterocycles. The molecular formula is C14H8F3N3O2. The fourth-order valence-electron chi connectivity index (χ4n) is 2.21. The largest absolute Gasteiger partial charge is 0.417 e. The second kappa shape index (κ2) is 4.83. The lowest BCUT2D eigenvalue weighted by Crippen LogP contribution is -2.22. The van der Waals surface area contributed by atoms with Gasteiger partial charge in [-0.15, -0.1) is 0 Å². The number of aromatic amines is 2. The Bertz CT molecular complexity index is 959. The number of H-pyrrole nitrogens is 2. The van der Waals surface area contributed by atoms with Crippen LogP contribution in [-0.2, 0) is 6.18 Å². The molecule has 0 spiro atoms. The maximum Gasteiger partial charge on any atom is 0.417 e. The number of fused-ring (bicyclic) bond motifs is 1. The molecule has 22 heavy (non-hydrogen) atoms. The summed E-state index contributed by atoms with van der Waals surface area (Å²) in [5.41, 5.74) is -2.69. The second-order valence-corrected chi connectivity index (χ2v) is 4.59. The van der Waals surface area contributed by atoms with Gasteiger partial charge in [0.25, 0.3) is 5.56 Å². The predicted molar refractivity (Wildman–Crippen MR) is 73.4 cm³/mol. The Morgan fingerprint density at radius 2 is 1.86 bits per heavy atom. The second-order valence-electron chi connectivity index (χ2n) is 4.59. The topological polar surface area (TPSA) is 78.6 Å². The van der Waals surface area contributed by atoms with Crippen LogP contribution >= 0.6 is 0 Å². The van der Waals surface area contributed by atoms with Crippen molar-refractivity contribution in [3.63, 3.8) is 0 Å². The van der Waals surface area contributed by atoms with Gasteiger partial charge in [-0.2, -0.15) is 13.2 Å². The van der Waals surface area contributed by atoms with Crippen LogP contribution in [0.15, 0.2) is 46.2 Å². The maximum absolute atomic E-state index is 13.3. The van der Waals surface area contributed by atoms with Crippen molar-refractivity contribution in [2.75, 3.05) is 0 Å². The van der Waals surface area contributed by atoms with Crippen LogP contribution in [0.2, 0.25) is 0 Å². The highest BCUT2D eigenvalue weighted by molar-refractivity contribution is 5.86. The van der Waals surface area contributed by atoms with E-state index in [1.54, 1.807) is 0 Å². The van der Waals surface area contributed by atoms with Crippen molar-refractivity contribution in [2.45, 2.75) is 6.18 Å². The molecule has 8 heteroatoms. The van der Waals surface area contributed by atoms with Gasteiger partial charge < -0.3 is 4.98 Å². The van der Waals surface area contributed by atoms with Crippen molar-refractivity contribution in [3.8, 4) is 11.1 Å². The number of hydrogen-bond donors (Lipinski definition) is 2. The minimum Gasteiger partial charge on any atom is -0.307 e. The van der Waals surface area contributed by atoms with Gasteiger partial charge in [-0.1, -0.05) is 6.07 Å². The van der Waals surface area contributed by atoms with Crippen LogP contribution in [0.25, 0.3) is 22.0 Å². The van der Waals surface area contributed by atoms with E-state index in [9.17, 15) is 22.8 Å². The number of nitrogens with one attached hydrogen (secondary N) is 2. The minimum atomic E-state index is -4.64. The summed E-state index contributed by atoms with van der Waals surface area (Å²) < 4.78 is 39.8. The zero-order valence-corrected chi connectivity index (χ0v) is 10.9. The highest BCUT2D eigenvalue weighted by atomic mass is 19.4. The van der Waals surface area contributed by atoms with E-state index in [0.717, 1.165) is 12.1 Å². The molecule has 5 nitrogen and oxygen atoms in total. The lowest BCUT2D eigenvalue weighted by molar-refractivity contribution is -0.137. The maximum atomic E-state index is 13.3. The quantitative estimate of drug-likeness (QED) is 0.724. The molecule has 3 rings (SSSR count). The van der Waals surface area contributed by atoms with Gasteiger partial charge in [0, 0.05) is 18.0 Å². The van der Waals surface area contributed by atoms with Crippen LogP contribution in [0.1, 0.15) is 5.56 Å². The van der Waals surface area contributed by atoms with E-state index in [4.69, 9.17) is 0 Å². The average molecular weight is 307 g/mol. The first-order valence-electron chi connectivity index (χ1n) is 6.14. The van der Waals surface area contributed by atoms with E-state index >= 15 is 0 Å². The highest BCUT2D eigenvalue weighted by Gasteiger charge is 2.34. The Labute approximate surface area is 120 Å². The number of alkyl halides is 3. The third-order valence-corrected chi connectivity index (χ3v) is 3.16. The smallest absolute Gasteiger partial charge is 0.307 e. The van der Waals surface area contributed by atoms with Crippen LogP contribution in [0, 0.1) is 0 Å².